The molecule has 65 heavy (non-hydrogen) atoms. The van der Waals surface area contributed by atoms with E-state index in [0.717, 1.165) is 127 Å². The van der Waals surface area contributed by atoms with E-state index in [1.807, 2.05) is 76.0 Å². The molecular formula is C49H62N12O4. The minimum Gasteiger partial charge on any atom is -0.396 e. The van der Waals surface area contributed by atoms with Crippen LogP contribution in [0.25, 0.3) is 11.3 Å². The van der Waals surface area contributed by atoms with Crippen LogP contribution in [0.3, 0.4) is 0 Å². The number of carbonyl (C=O) groups is 2. The lowest BCUT2D eigenvalue weighted by Gasteiger charge is -2.36. The van der Waals surface area contributed by atoms with E-state index in [-0.39, 0.29) is 31.1 Å². The Morgan fingerprint density at radius 3 is 1.75 bits per heavy atom. The van der Waals surface area contributed by atoms with Crippen molar-refractivity contribution < 1.29 is 19.8 Å². The van der Waals surface area contributed by atoms with Crippen LogP contribution in [0.4, 0.5) is 40.3 Å². The Kier molecular flexibility index (Phi) is 15.8. The summed E-state index contributed by atoms with van der Waals surface area (Å²) in [6.45, 7) is 14.0. The smallest absolute Gasteiger partial charge is 0.247 e. The van der Waals surface area contributed by atoms with Crippen LogP contribution in [0.15, 0.2) is 98.4 Å². The van der Waals surface area contributed by atoms with E-state index in [2.05, 4.69) is 74.3 Å². The lowest BCUT2D eigenvalue weighted by atomic mass is 9.99. The second-order valence-corrected chi connectivity index (χ2v) is 16.4. The molecule has 2 fully saturated rings. The summed E-state index contributed by atoms with van der Waals surface area (Å²) in [6, 6.07) is 19.9. The normalized spacial score (nSPS) is 16.1. The van der Waals surface area contributed by atoms with Gasteiger partial charge in [0.15, 0.2) is 11.3 Å². The van der Waals surface area contributed by atoms with Gasteiger partial charge in [0.25, 0.3) is 0 Å². The molecule has 16 heteroatoms. The van der Waals surface area contributed by atoms with Gasteiger partial charge in [-0.15, -0.1) is 0 Å². The first-order valence-electron chi connectivity index (χ1n) is 22.8. The van der Waals surface area contributed by atoms with E-state index in [9.17, 15) is 19.8 Å². The quantitative estimate of drug-likeness (QED) is 0.0492. The number of hydrogen-bond donors (Lipinski definition) is 6. The van der Waals surface area contributed by atoms with Gasteiger partial charge >= 0.3 is 0 Å². The molecule has 2 atom stereocenters. The number of anilines is 7. The van der Waals surface area contributed by atoms with Gasteiger partial charge in [0, 0.05) is 85.3 Å². The van der Waals surface area contributed by atoms with Crippen LogP contribution in [0.2, 0.25) is 0 Å². The molecule has 8 rings (SSSR count). The molecular weight excluding hydrogens is 821 g/mol. The molecule has 2 amide bonds. The van der Waals surface area contributed by atoms with Crippen molar-refractivity contribution in [3.63, 3.8) is 0 Å². The number of hydrogen-bond acceptors (Lipinski definition) is 12. The number of aliphatic hydroxyl groups excluding tert-OH is 2. The Bertz CT molecular complexity index is 2570. The third-order valence-electron chi connectivity index (χ3n) is 12.1. The number of amides is 2. The fraction of sp³-hybridized carbons (Fsp3) is 0.388. The summed E-state index contributed by atoms with van der Waals surface area (Å²) in [4.78, 5) is 37.7. The van der Waals surface area contributed by atoms with Crippen molar-refractivity contribution >= 4 is 63.4 Å². The van der Waals surface area contributed by atoms with Crippen LogP contribution >= 0.6 is 0 Å². The lowest BCUT2D eigenvalue weighted by Crippen LogP contribution is -2.40. The molecule has 16 nitrogen and oxygen atoms in total. The summed E-state index contributed by atoms with van der Waals surface area (Å²) < 4.78 is 3.69. The molecule has 4 aromatic heterocycles. The van der Waals surface area contributed by atoms with E-state index in [4.69, 9.17) is 9.97 Å². The highest BCUT2D eigenvalue weighted by Gasteiger charge is 2.26. The van der Waals surface area contributed by atoms with E-state index < -0.39 is 0 Å². The van der Waals surface area contributed by atoms with Crippen molar-refractivity contribution in [3.8, 4) is 0 Å². The van der Waals surface area contributed by atoms with Crippen LogP contribution < -0.4 is 31.1 Å². The number of aliphatic hydroxyl groups is 2. The van der Waals surface area contributed by atoms with Gasteiger partial charge in [0.1, 0.15) is 23.3 Å². The molecule has 0 bridgehead atoms. The Morgan fingerprint density at radius 2 is 1.22 bits per heavy atom. The zero-order valence-electron chi connectivity index (χ0n) is 37.5. The molecule has 2 saturated heterocycles. The zero-order valence-corrected chi connectivity index (χ0v) is 37.5. The van der Waals surface area contributed by atoms with E-state index >= 15 is 0 Å². The molecule has 6 N–H and O–H groups in total. The summed E-state index contributed by atoms with van der Waals surface area (Å²) in [6.07, 6.45) is 16.2. The minimum atomic E-state index is -0.242. The molecule has 2 aliphatic rings. The number of rotatable bonds is 17. The zero-order chi connectivity index (χ0) is 45.7. The summed E-state index contributed by atoms with van der Waals surface area (Å²) in [7, 11) is 0. The summed E-state index contributed by atoms with van der Waals surface area (Å²) in [5.74, 6) is 3.04. The molecule has 6 aromatic rings. The number of aromatic nitrogens is 6. The molecule has 6 heterocycles. The highest BCUT2D eigenvalue weighted by atomic mass is 16.3. The van der Waals surface area contributed by atoms with Crippen molar-refractivity contribution in [2.24, 2.45) is 0 Å². The van der Waals surface area contributed by atoms with Crippen LogP contribution in [-0.2, 0) is 29.0 Å². The molecule has 0 spiro atoms. The molecule has 2 aromatic carbocycles. The Hall–Kier alpha value is -6.78. The maximum Gasteiger partial charge on any atom is 0.247 e. The topological polar surface area (TPSA) is 190 Å². The number of nitrogens with zero attached hydrogens (tertiary/aromatic N) is 8. The van der Waals surface area contributed by atoms with Gasteiger partial charge < -0.3 is 41.3 Å². The number of carbonyl (C=O) groups excluding carboxylic acids is 2. The standard InChI is InChI=1S/C25H32N6O2.C24H30N6O2/c1-3-19-17-27-31-22(26-16-18-8-7-9-20(14-18)28-24(33)4-2)15-23(29-25(19)31)30-12-6-5-10-21(30)11-13-32;1-3-17-16-25-30-22(26-18-8-10-19(11-9-18)27-23(32)4-2)15-21(28-24(17)30)29-13-6-5-7-20(29)12-14-31/h4,7-9,14-15,17,21,26,32H,2-3,5-6,10-13,16H2,1H3,(H,28,33);4,8-11,15-16,20,26,31H,2-3,5-7,12-14H2,1H3,(H,27,32)/t21-;20-/m00/s1. The maximum atomic E-state index is 11.6. The summed E-state index contributed by atoms with van der Waals surface area (Å²) in [5.41, 5.74) is 7.23. The maximum absolute atomic E-state index is 11.6. The molecule has 0 saturated carbocycles. The highest BCUT2D eigenvalue weighted by Crippen LogP contribution is 2.32. The van der Waals surface area contributed by atoms with E-state index in [0.29, 0.717) is 18.3 Å². The van der Waals surface area contributed by atoms with Crippen molar-refractivity contribution in [2.75, 3.05) is 57.4 Å². The molecule has 0 unspecified atom stereocenters. The van der Waals surface area contributed by atoms with Gasteiger partial charge in [0.2, 0.25) is 11.8 Å². The van der Waals surface area contributed by atoms with Crippen LogP contribution in [-0.4, -0.2) is 89.6 Å². The van der Waals surface area contributed by atoms with Gasteiger partial charge in [-0.05, 0) is 118 Å². The van der Waals surface area contributed by atoms with Crippen molar-refractivity contribution in [2.45, 2.75) is 96.7 Å². The van der Waals surface area contributed by atoms with E-state index in [1.54, 1.807) is 0 Å². The van der Waals surface area contributed by atoms with E-state index in [1.165, 1.54) is 25.0 Å². The van der Waals surface area contributed by atoms with Gasteiger partial charge in [-0.25, -0.2) is 9.97 Å². The highest BCUT2D eigenvalue weighted by molar-refractivity contribution is 5.99. The molecule has 0 radical (unpaired) electrons. The average Bonchev–Trinajstić information content (AvgIpc) is 3.96. The average molecular weight is 883 g/mol. The number of fused-ring (bicyclic) bond motifs is 2. The van der Waals surface area contributed by atoms with Gasteiger partial charge in [-0.1, -0.05) is 39.1 Å². The molecule has 2 aliphatic heterocycles. The number of piperidine rings is 2. The van der Waals surface area contributed by atoms with Gasteiger partial charge in [0.05, 0.1) is 12.4 Å². The predicted molar refractivity (Wildman–Crippen MR) is 259 cm³/mol. The minimum absolute atomic E-state index is 0.177. The third-order valence-corrected chi connectivity index (χ3v) is 12.1. The Morgan fingerprint density at radius 1 is 0.692 bits per heavy atom. The number of nitrogens with one attached hydrogen (secondary N) is 4. The molecule has 342 valence electrons. The first-order chi connectivity index (χ1) is 31.7. The van der Waals surface area contributed by atoms with Gasteiger partial charge in [-0.3, -0.25) is 9.59 Å². The SMILES string of the molecule is C=CC(=O)Nc1ccc(Nc2cc(N3CCCC[C@H]3CCO)nc3c(CC)cnn23)cc1.C=CC(=O)Nc1cccc(CNc2cc(N3CCCC[C@H]3CCO)nc3c(CC)cnn23)c1. The second kappa shape index (κ2) is 22.2. The first-order valence-corrected chi connectivity index (χ1v) is 22.8. The van der Waals surface area contributed by atoms with Gasteiger partial charge in [-0.2, -0.15) is 19.2 Å². The summed E-state index contributed by atoms with van der Waals surface area (Å²) >= 11 is 0. The van der Waals surface area contributed by atoms with Crippen molar-refractivity contribution in [3.05, 3.63) is 115 Å². The first kappa shape index (κ1) is 46.2. The van der Waals surface area contributed by atoms with Crippen LogP contribution in [0, 0.1) is 0 Å². The predicted octanol–water partition coefficient (Wildman–Crippen LogP) is 7.67. The van der Waals surface area contributed by atoms with Crippen molar-refractivity contribution in [1.29, 1.82) is 0 Å². The van der Waals surface area contributed by atoms with Crippen LogP contribution in [0.5, 0.6) is 0 Å². The fourth-order valence-electron chi connectivity index (χ4n) is 8.62. The van der Waals surface area contributed by atoms with Crippen LogP contribution in [0.1, 0.15) is 81.9 Å². The molecule has 0 aliphatic carbocycles. The van der Waals surface area contributed by atoms with Crippen molar-refractivity contribution in [1.82, 2.24) is 29.2 Å². The Labute approximate surface area is 380 Å². The fourth-order valence-corrected chi connectivity index (χ4v) is 8.62. The largest absolute Gasteiger partial charge is 0.396 e. The number of benzene rings is 2. The lowest BCUT2D eigenvalue weighted by molar-refractivity contribution is -0.112. The number of aryl methyl sites for hydroxylation is 2. The Balaban J connectivity index is 0.000000194. The monoisotopic (exact) mass is 883 g/mol. The third kappa shape index (κ3) is 11.3. The second-order valence-electron chi connectivity index (χ2n) is 16.4. The summed E-state index contributed by atoms with van der Waals surface area (Å²) in [5, 5.41) is 40.8.